The smallest absolute Gasteiger partial charge is 0.250 e. The number of amides is 6. The number of hydrogen-bond donors (Lipinski definition) is 6. The number of carbonyl (C=O) groups excluding carboxylic acids is 6. The van der Waals surface area contributed by atoms with E-state index in [1.54, 1.807) is 113 Å². The van der Waals surface area contributed by atoms with Gasteiger partial charge in [-0.05, 0) is 201 Å². The lowest BCUT2D eigenvalue weighted by molar-refractivity contribution is -0.198. The van der Waals surface area contributed by atoms with Crippen LogP contribution in [0.3, 0.4) is 0 Å². The molecule has 0 bridgehead atoms. The summed E-state index contributed by atoms with van der Waals surface area (Å²) in [4.78, 5) is 98.9. The average molecular weight is 1720 g/mol. The maximum absolute atomic E-state index is 15.6. The van der Waals surface area contributed by atoms with Crippen molar-refractivity contribution in [2.24, 2.45) is 51.2 Å². The van der Waals surface area contributed by atoms with Crippen LogP contribution in [0.2, 0.25) is 0 Å². The molecule has 6 atom stereocenters. The summed E-state index contributed by atoms with van der Waals surface area (Å²) in [6.07, 6.45) is 5.34. The molecule has 0 aliphatic heterocycles. The van der Waals surface area contributed by atoms with Crippen molar-refractivity contribution in [1.29, 1.82) is 0 Å². The highest BCUT2D eigenvalue weighted by molar-refractivity contribution is 5.97. The second-order valence-corrected chi connectivity index (χ2v) is 32.1. The predicted octanol–water partition coefficient (Wildman–Crippen LogP) is 13.8. The number of primary amides is 3. The van der Waals surface area contributed by atoms with Gasteiger partial charge in [-0.25, -0.2) is 28.8 Å². The number of pyridine rings is 2. The fourth-order valence-corrected chi connectivity index (χ4v) is 16.0. The Morgan fingerprint density at radius 1 is 0.413 bits per heavy atom. The first-order valence-corrected chi connectivity index (χ1v) is 40.8. The van der Waals surface area contributed by atoms with Crippen LogP contribution in [0.5, 0.6) is 51.7 Å². The summed E-state index contributed by atoms with van der Waals surface area (Å²) in [7, 11) is 9.29. The van der Waals surface area contributed by atoms with E-state index in [4.69, 9.17) is 79.9 Å². The van der Waals surface area contributed by atoms with Crippen molar-refractivity contribution < 1.29 is 99.8 Å². The highest BCUT2D eigenvalue weighted by Crippen LogP contribution is 2.58. The number of fused-ring (bicyclic) bond motifs is 2. The molecule has 5 aliphatic rings. The lowest BCUT2D eigenvalue weighted by Crippen LogP contribution is -2.37. The molecule has 9 N–H and O–H groups in total. The van der Waals surface area contributed by atoms with E-state index >= 15 is 4.39 Å². The van der Waals surface area contributed by atoms with Gasteiger partial charge in [0.1, 0.15) is 60.9 Å². The molecule has 9 aromatic carbocycles. The Balaban J connectivity index is 0.000000166. The highest BCUT2D eigenvalue weighted by Gasteiger charge is 2.65. The van der Waals surface area contributed by atoms with Gasteiger partial charge in [-0.15, -0.1) is 0 Å². The van der Waals surface area contributed by atoms with Crippen LogP contribution in [-0.4, -0.2) is 117 Å². The molecule has 0 saturated heterocycles. The summed E-state index contributed by atoms with van der Waals surface area (Å²) in [5.74, 6) is -3.46. The molecule has 653 valence electrons. The van der Waals surface area contributed by atoms with Crippen molar-refractivity contribution in [2.75, 3.05) is 42.7 Å². The lowest BCUT2D eigenvalue weighted by atomic mass is 9.92. The number of carbonyl (C=O) groups is 6. The van der Waals surface area contributed by atoms with Crippen LogP contribution in [0.1, 0.15) is 118 Å². The van der Waals surface area contributed by atoms with Gasteiger partial charge < -0.3 is 60.2 Å². The van der Waals surface area contributed by atoms with E-state index in [2.05, 4.69) is 6.07 Å². The second-order valence-electron chi connectivity index (χ2n) is 32.1. The molecule has 3 radical (unpaired) electrons. The molecule has 11 aromatic rings. The monoisotopic (exact) mass is 1720 g/mol. The van der Waals surface area contributed by atoms with Gasteiger partial charge in [-0.2, -0.15) is 0 Å². The number of phenolic OH excluding ortho intramolecular Hbond substituents is 1. The molecule has 2 aromatic heterocycles. The molecular formula is C96H97BF3N8O18. The van der Waals surface area contributed by atoms with Crippen LogP contribution in [0.25, 0.3) is 21.8 Å². The van der Waals surface area contributed by atoms with Crippen LogP contribution in [0.4, 0.5) is 13.2 Å². The minimum Gasteiger partial charge on any atom is -0.505 e. The molecular weight excluding hydrogens is 1620 g/mol. The molecule has 16 rings (SSSR count). The van der Waals surface area contributed by atoms with Crippen LogP contribution in [0, 0.1) is 51.5 Å². The van der Waals surface area contributed by atoms with Crippen molar-refractivity contribution in [3.8, 4) is 51.7 Å². The third-order valence-electron chi connectivity index (χ3n) is 23.9. The average Bonchev–Trinajstić information content (AvgIpc) is 1.58. The molecule has 5 aliphatic carbocycles. The number of methoxy groups -OCH3 is 6. The van der Waals surface area contributed by atoms with Crippen molar-refractivity contribution in [3.63, 3.8) is 0 Å². The predicted molar refractivity (Wildman–Crippen MR) is 459 cm³/mol. The van der Waals surface area contributed by atoms with Gasteiger partial charge in [-0.1, -0.05) is 78.9 Å². The Morgan fingerprint density at radius 2 is 0.770 bits per heavy atom. The summed E-state index contributed by atoms with van der Waals surface area (Å²) >= 11 is 0. The molecule has 3 unspecified atom stereocenters. The largest absolute Gasteiger partial charge is 0.505 e. The minimum absolute atomic E-state index is 0. The van der Waals surface area contributed by atoms with Gasteiger partial charge in [0.25, 0.3) is 11.8 Å². The molecule has 30 heteroatoms. The number of aromatic nitrogens is 2. The molecule has 0 spiro atoms. The normalized spacial score (nSPS) is 18.6. The van der Waals surface area contributed by atoms with E-state index in [0.717, 1.165) is 87.2 Å². The summed E-state index contributed by atoms with van der Waals surface area (Å²) in [6.45, 7) is 0.585. The van der Waals surface area contributed by atoms with E-state index in [9.17, 15) is 42.7 Å². The zero-order valence-corrected chi connectivity index (χ0v) is 70.4. The van der Waals surface area contributed by atoms with E-state index in [-0.39, 0.29) is 98.0 Å². The minimum atomic E-state index is -1.22. The fourth-order valence-electron chi connectivity index (χ4n) is 16.0. The fraction of sp³-hybridized carbons (Fsp3) is 0.312. The number of benzene rings is 9. The molecule has 126 heavy (non-hydrogen) atoms. The van der Waals surface area contributed by atoms with Crippen LogP contribution < -0.4 is 60.6 Å². The topological polar surface area (TPSA) is 358 Å². The molecule has 26 nitrogen and oxygen atoms in total. The number of phenols is 1. The number of halogens is 3. The van der Waals surface area contributed by atoms with Gasteiger partial charge in [0.05, 0.1) is 101 Å². The van der Waals surface area contributed by atoms with E-state index < -0.39 is 92.6 Å². The molecule has 5 fully saturated rings. The Labute approximate surface area is 727 Å². The summed E-state index contributed by atoms with van der Waals surface area (Å²) in [5, 5.41) is 22.8. The number of nitrogens with zero attached hydrogens (tertiary/aromatic N) is 4. The number of nitrogens with one attached hydrogen (secondary N) is 1. The number of para-hydroxylation sites is 2. The number of rotatable bonds is 36. The number of nitrogens with two attached hydrogens (primary N) is 3. The SMILES string of the molecule is COc1ccc(CON(Cc2ccc(OC)cc2OC)C(=O)C2C[C@]2(Cc2ccc(O)c(F)c2)C(N)=O)cc1.COc1ccc(CON(Cc2ccc(OC)cc2OC)C(=O)C2C[C@]2(Cc2ccc(OCc3cc(C4CC4)nc4ccccc34)c(F)c2)C(N)=O)cc1.NC(=O)[C@@]1(Cc2ccc(OCc3cc(C4CC4)nc4ccccc34)c(F)c2)CC1C(=O)NO.[B]. The van der Waals surface area contributed by atoms with Gasteiger partial charge in [0.15, 0.2) is 34.7 Å². The first kappa shape index (κ1) is 90.3. The van der Waals surface area contributed by atoms with Gasteiger partial charge >= 0.3 is 0 Å². The van der Waals surface area contributed by atoms with Crippen LogP contribution >= 0.6 is 0 Å². The summed E-state index contributed by atoms with van der Waals surface area (Å²) in [5.41, 5.74) is 25.5. The van der Waals surface area contributed by atoms with Gasteiger partial charge in [-0.3, -0.25) is 53.6 Å². The third kappa shape index (κ3) is 20.6. The summed E-state index contributed by atoms with van der Waals surface area (Å²) < 4.78 is 88.3. The Kier molecular flexibility index (Phi) is 28.1. The van der Waals surface area contributed by atoms with Crippen molar-refractivity contribution in [3.05, 3.63) is 279 Å². The number of hydrogen-bond acceptors (Lipinski definition) is 20. The standard InChI is InChI=1S/C42H42FN3O7.C29H31FN2O7.C25H24FN3O4.B/c1-49-31-14-8-26(9-15-31)24-53-46(23-29-13-16-32(50-2)20-39(29)51-3)40(47)34-22-42(34,41(44)48)21-27-10-17-38(35(43)18-27)52-25-30-19-37(28-11-12-28)45-36-7-5-4-6-33(30)36;1-36-21-8-4-18(5-9-21)17-39-32(16-20-7-10-22(37-2)13-26(20)38-3)27(34)23-15-29(23,28(31)35)14-19-6-11-25(33)24(30)12-19;26-19-9-14(11-25(24(27)31)12-18(25)23(30)29-32)5-8-22(19)33-13-16-10-21(15-6-7-15)28-20-4-2-1-3-17(16)20;/h4-10,13-20,28,34H,11-12,21-25H2,1-3H3,(H2,44,48);4-13,23,33H,14-17H2,1-3H3,(H2,31,35);1-5,8-10,15,18,32H,6-7,11-13H2,(H2,27,31)(H,29,30);/t34?,42-;23?,29-;18?,25-;/m000./s1. The maximum atomic E-state index is 15.6. The van der Waals surface area contributed by atoms with Crippen molar-refractivity contribution in [2.45, 2.75) is 116 Å². The number of ether oxygens (including phenoxy) is 8. The highest BCUT2D eigenvalue weighted by atomic mass is 19.1. The van der Waals surface area contributed by atoms with Gasteiger partial charge in [0.2, 0.25) is 23.6 Å². The zero-order chi connectivity index (χ0) is 88.4. The van der Waals surface area contributed by atoms with Crippen molar-refractivity contribution >= 4 is 65.7 Å². The Hall–Kier alpha value is -13.4. The van der Waals surface area contributed by atoms with Crippen molar-refractivity contribution in [1.82, 2.24) is 25.6 Å². The van der Waals surface area contributed by atoms with Crippen LogP contribution in [0.15, 0.2) is 200 Å². The first-order chi connectivity index (χ1) is 60.3. The summed E-state index contributed by atoms with van der Waals surface area (Å²) in [6, 6.07) is 57.7. The maximum Gasteiger partial charge on any atom is 0.250 e. The second kappa shape index (κ2) is 39.2. The third-order valence-corrected chi connectivity index (χ3v) is 23.9. The zero-order valence-electron chi connectivity index (χ0n) is 70.4. The first-order valence-electron chi connectivity index (χ1n) is 40.8. The molecule has 2 heterocycles. The Morgan fingerprint density at radius 3 is 1.13 bits per heavy atom. The van der Waals surface area contributed by atoms with Gasteiger partial charge in [0, 0.05) is 76.8 Å². The molecule has 6 amide bonds. The Bertz CT molecular complexity index is 5850. The lowest BCUT2D eigenvalue weighted by Gasteiger charge is -2.25. The van der Waals surface area contributed by atoms with E-state index in [1.807, 2.05) is 78.9 Å². The number of hydroxylamine groups is 5. The van der Waals surface area contributed by atoms with Crippen LogP contribution in [-0.2, 0) is 97.2 Å². The number of aromatic hydroxyl groups is 1. The van der Waals surface area contributed by atoms with E-state index in [1.165, 1.54) is 54.7 Å². The molecule has 5 saturated carbocycles. The quantitative estimate of drug-likeness (QED) is 0.0121. The van der Waals surface area contributed by atoms with E-state index in [0.29, 0.717) is 74.2 Å².